The standard InChI is InChI=1S/C19H22N2O/c1-20(2)18(16-10-4-3-5-11-16)19(22)21-14-8-12-15-9-6-7-13-17(15)21/h3-7,9-11,13,18H,8,12,14H2,1-2H3. The summed E-state index contributed by atoms with van der Waals surface area (Å²) in [5.41, 5.74) is 3.38. The van der Waals surface area contributed by atoms with Gasteiger partial charge in [-0.05, 0) is 44.1 Å². The Hall–Kier alpha value is -2.13. The number of anilines is 1. The number of fused-ring (bicyclic) bond motifs is 1. The summed E-state index contributed by atoms with van der Waals surface area (Å²) in [6, 6.07) is 18.0. The van der Waals surface area contributed by atoms with Crippen molar-refractivity contribution in [1.29, 1.82) is 0 Å². The van der Waals surface area contributed by atoms with E-state index in [1.54, 1.807) is 0 Å². The SMILES string of the molecule is CN(C)C(C(=O)N1CCCc2ccccc21)c1ccccc1. The lowest BCUT2D eigenvalue weighted by Gasteiger charge is -2.34. The van der Waals surface area contributed by atoms with Crippen molar-refractivity contribution in [2.45, 2.75) is 18.9 Å². The van der Waals surface area contributed by atoms with Crippen molar-refractivity contribution >= 4 is 11.6 Å². The molecule has 2 aromatic carbocycles. The molecule has 0 aromatic heterocycles. The Morgan fingerprint density at radius 1 is 1.05 bits per heavy atom. The molecule has 0 spiro atoms. The van der Waals surface area contributed by atoms with Crippen molar-refractivity contribution in [3.63, 3.8) is 0 Å². The van der Waals surface area contributed by atoms with Gasteiger partial charge < -0.3 is 4.90 Å². The number of likely N-dealkylation sites (N-methyl/N-ethyl adjacent to an activating group) is 1. The lowest BCUT2D eigenvalue weighted by molar-refractivity contribution is -0.123. The molecule has 3 rings (SSSR count). The molecule has 114 valence electrons. The van der Waals surface area contributed by atoms with Crippen LogP contribution in [0.3, 0.4) is 0 Å². The van der Waals surface area contributed by atoms with E-state index in [0.29, 0.717) is 0 Å². The minimum atomic E-state index is -0.243. The molecule has 3 nitrogen and oxygen atoms in total. The van der Waals surface area contributed by atoms with Gasteiger partial charge in [0.05, 0.1) is 0 Å². The van der Waals surface area contributed by atoms with E-state index < -0.39 is 0 Å². The van der Waals surface area contributed by atoms with Crippen LogP contribution in [0, 0.1) is 0 Å². The van der Waals surface area contributed by atoms with E-state index in [9.17, 15) is 4.79 Å². The van der Waals surface area contributed by atoms with Crippen LogP contribution in [0.2, 0.25) is 0 Å². The normalized spacial score (nSPS) is 15.5. The average Bonchev–Trinajstić information content (AvgIpc) is 2.55. The van der Waals surface area contributed by atoms with Crippen molar-refractivity contribution in [2.75, 3.05) is 25.5 Å². The van der Waals surface area contributed by atoms with Crippen LogP contribution in [0.15, 0.2) is 54.6 Å². The van der Waals surface area contributed by atoms with Gasteiger partial charge in [0.1, 0.15) is 6.04 Å². The molecule has 1 atom stereocenters. The van der Waals surface area contributed by atoms with Crippen LogP contribution in [0.1, 0.15) is 23.6 Å². The molecule has 22 heavy (non-hydrogen) atoms. The lowest BCUT2D eigenvalue weighted by Crippen LogP contribution is -2.43. The number of rotatable bonds is 3. The molecule has 1 heterocycles. The third-order valence-corrected chi connectivity index (χ3v) is 4.24. The van der Waals surface area contributed by atoms with Gasteiger partial charge in [0.15, 0.2) is 0 Å². The van der Waals surface area contributed by atoms with Crippen molar-refractivity contribution in [1.82, 2.24) is 4.90 Å². The second-order valence-corrected chi connectivity index (χ2v) is 6.00. The molecule has 2 aromatic rings. The lowest BCUT2D eigenvalue weighted by atomic mass is 9.99. The fraction of sp³-hybridized carbons (Fsp3) is 0.316. The number of aryl methyl sites for hydroxylation is 1. The molecule has 0 fully saturated rings. The fourth-order valence-corrected chi connectivity index (χ4v) is 3.21. The summed E-state index contributed by atoms with van der Waals surface area (Å²) in [5.74, 6) is 0.156. The van der Waals surface area contributed by atoms with Crippen LogP contribution >= 0.6 is 0 Å². The van der Waals surface area contributed by atoms with E-state index in [1.165, 1.54) is 5.56 Å². The van der Waals surface area contributed by atoms with Crippen molar-refractivity contribution in [3.05, 3.63) is 65.7 Å². The van der Waals surface area contributed by atoms with Gasteiger partial charge in [-0.2, -0.15) is 0 Å². The largest absolute Gasteiger partial charge is 0.310 e. The number of amides is 1. The van der Waals surface area contributed by atoms with Crippen LogP contribution in [0.5, 0.6) is 0 Å². The van der Waals surface area contributed by atoms with Gasteiger partial charge in [0.25, 0.3) is 0 Å². The minimum absolute atomic E-state index is 0.156. The summed E-state index contributed by atoms with van der Waals surface area (Å²) in [6.45, 7) is 0.799. The third kappa shape index (κ3) is 2.77. The van der Waals surface area contributed by atoms with E-state index >= 15 is 0 Å². The summed E-state index contributed by atoms with van der Waals surface area (Å²) in [4.78, 5) is 17.1. The van der Waals surface area contributed by atoms with Gasteiger partial charge in [0.2, 0.25) is 5.91 Å². The summed E-state index contributed by atoms with van der Waals surface area (Å²) >= 11 is 0. The zero-order chi connectivity index (χ0) is 15.5. The average molecular weight is 294 g/mol. The van der Waals surface area contributed by atoms with Crippen molar-refractivity contribution in [3.8, 4) is 0 Å². The first-order chi connectivity index (χ1) is 10.7. The third-order valence-electron chi connectivity index (χ3n) is 4.24. The number of carbonyl (C=O) groups excluding carboxylic acids is 1. The molecule has 3 heteroatoms. The Balaban J connectivity index is 1.96. The van der Waals surface area contributed by atoms with Gasteiger partial charge in [-0.3, -0.25) is 9.69 Å². The Labute approximate surface area is 132 Å². The van der Waals surface area contributed by atoms with Gasteiger partial charge in [-0.1, -0.05) is 48.5 Å². The summed E-state index contributed by atoms with van der Waals surface area (Å²) in [5, 5.41) is 0. The zero-order valence-electron chi connectivity index (χ0n) is 13.2. The maximum Gasteiger partial charge on any atom is 0.248 e. The smallest absolute Gasteiger partial charge is 0.248 e. The van der Waals surface area contributed by atoms with Gasteiger partial charge in [0, 0.05) is 12.2 Å². The first kappa shape index (κ1) is 14.8. The predicted octanol–water partition coefficient (Wildman–Crippen LogP) is 3.27. The Morgan fingerprint density at radius 2 is 1.73 bits per heavy atom. The van der Waals surface area contributed by atoms with E-state index in [0.717, 1.165) is 30.6 Å². The fourth-order valence-electron chi connectivity index (χ4n) is 3.21. The number of hydrogen-bond donors (Lipinski definition) is 0. The highest BCUT2D eigenvalue weighted by atomic mass is 16.2. The summed E-state index contributed by atoms with van der Waals surface area (Å²) in [7, 11) is 3.93. The summed E-state index contributed by atoms with van der Waals surface area (Å²) in [6.07, 6.45) is 2.08. The second kappa shape index (κ2) is 6.32. The quantitative estimate of drug-likeness (QED) is 0.867. The zero-order valence-corrected chi connectivity index (χ0v) is 13.2. The number of para-hydroxylation sites is 1. The first-order valence-corrected chi connectivity index (χ1v) is 7.79. The van der Waals surface area contributed by atoms with Gasteiger partial charge in [-0.15, -0.1) is 0 Å². The molecule has 1 aliphatic heterocycles. The highest BCUT2D eigenvalue weighted by Crippen LogP contribution is 2.30. The number of carbonyl (C=O) groups is 1. The number of nitrogens with zero attached hydrogens (tertiary/aromatic N) is 2. The monoisotopic (exact) mass is 294 g/mol. The van der Waals surface area contributed by atoms with E-state index in [-0.39, 0.29) is 11.9 Å². The van der Waals surface area contributed by atoms with E-state index in [2.05, 4.69) is 12.1 Å². The van der Waals surface area contributed by atoms with Crippen LogP contribution in [-0.4, -0.2) is 31.4 Å². The highest BCUT2D eigenvalue weighted by molar-refractivity contribution is 5.98. The molecule has 0 saturated heterocycles. The highest BCUT2D eigenvalue weighted by Gasteiger charge is 2.30. The van der Waals surface area contributed by atoms with Gasteiger partial charge >= 0.3 is 0 Å². The molecule has 0 N–H and O–H groups in total. The maximum atomic E-state index is 13.2. The Morgan fingerprint density at radius 3 is 2.45 bits per heavy atom. The topological polar surface area (TPSA) is 23.6 Å². The van der Waals surface area contributed by atoms with Crippen molar-refractivity contribution < 1.29 is 4.79 Å². The van der Waals surface area contributed by atoms with Crippen LogP contribution in [-0.2, 0) is 11.2 Å². The van der Waals surface area contributed by atoms with E-state index in [4.69, 9.17) is 0 Å². The molecule has 0 aliphatic carbocycles. The Kier molecular flexibility index (Phi) is 4.25. The van der Waals surface area contributed by atoms with Crippen LogP contribution in [0.25, 0.3) is 0 Å². The van der Waals surface area contributed by atoms with Crippen molar-refractivity contribution in [2.24, 2.45) is 0 Å². The first-order valence-electron chi connectivity index (χ1n) is 7.79. The molecule has 0 bridgehead atoms. The maximum absolute atomic E-state index is 13.2. The molecule has 1 aliphatic rings. The molecule has 0 radical (unpaired) electrons. The molecule has 1 amide bonds. The van der Waals surface area contributed by atoms with Crippen LogP contribution in [0.4, 0.5) is 5.69 Å². The Bertz CT molecular complexity index is 651. The summed E-state index contributed by atoms with van der Waals surface area (Å²) < 4.78 is 0. The molecule has 1 unspecified atom stereocenters. The number of hydrogen-bond acceptors (Lipinski definition) is 2. The molecular weight excluding hydrogens is 272 g/mol. The molecular formula is C19H22N2O. The second-order valence-electron chi connectivity index (χ2n) is 6.00. The van der Waals surface area contributed by atoms with Gasteiger partial charge in [-0.25, -0.2) is 0 Å². The molecule has 0 saturated carbocycles. The predicted molar refractivity (Wildman–Crippen MR) is 90.0 cm³/mol. The number of benzene rings is 2. The van der Waals surface area contributed by atoms with Crippen LogP contribution < -0.4 is 4.90 Å². The minimum Gasteiger partial charge on any atom is -0.310 e. The van der Waals surface area contributed by atoms with E-state index in [1.807, 2.05) is 66.4 Å².